The van der Waals surface area contributed by atoms with E-state index >= 15 is 0 Å². The summed E-state index contributed by atoms with van der Waals surface area (Å²) in [5.74, 6) is 1.89. The Balaban J connectivity index is 2.01. The smallest absolute Gasteiger partial charge is 0.123 e. The molecule has 0 aliphatic heterocycles. The van der Waals surface area contributed by atoms with E-state index in [1.54, 1.807) is 7.11 Å². The van der Waals surface area contributed by atoms with Crippen molar-refractivity contribution in [2.45, 2.75) is 64.5 Å². The number of rotatable bonds is 6. The van der Waals surface area contributed by atoms with E-state index < -0.39 is 0 Å². The van der Waals surface area contributed by atoms with Crippen LogP contribution in [0.5, 0.6) is 11.5 Å². The summed E-state index contributed by atoms with van der Waals surface area (Å²) in [5.41, 5.74) is 1.26. The maximum absolute atomic E-state index is 6.22. The zero-order valence-electron chi connectivity index (χ0n) is 14.0. The van der Waals surface area contributed by atoms with Gasteiger partial charge in [-0.3, -0.25) is 0 Å². The molecule has 0 radical (unpaired) electrons. The average Bonchev–Trinajstić information content (AvgIpc) is 2.40. The molecule has 0 spiro atoms. The van der Waals surface area contributed by atoms with Crippen molar-refractivity contribution in [3.8, 4) is 11.5 Å². The van der Waals surface area contributed by atoms with Gasteiger partial charge in [-0.15, -0.1) is 0 Å². The van der Waals surface area contributed by atoms with Gasteiger partial charge in [-0.1, -0.05) is 27.7 Å². The van der Waals surface area contributed by atoms with Crippen molar-refractivity contribution in [3.63, 3.8) is 0 Å². The van der Waals surface area contributed by atoms with Crippen LogP contribution in [-0.2, 0) is 5.41 Å². The molecule has 1 N–H and O–H groups in total. The Bertz CT molecular complexity index is 459. The summed E-state index contributed by atoms with van der Waals surface area (Å²) in [4.78, 5) is 0. The number of methoxy groups -OCH3 is 1. The van der Waals surface area contributed by atoms with Crippen LogP contribution >= 0.6 is 0 Å². The molecular weight excluding hydrogens is 262 g/mol. The van der Waals surface area contributed by atoms with Gasteiger partial charge in [-0.2, -0.15) is 0 Å². The van der Waals surface area contributed by atoms with Crippen molar-refractivity contribution < 1.29 is 9.47 Å². The van der Waals surface area contributed by atoms with E-state index in [-0.39, 0.29) is 5.41 Å². The molecule has 1 aromatic carbocycles. The van der Waals surface area contributed by atoms with Gasteiger partial charge in [0.05, 0.1) is 7.11 Å². The molecule has 118 valence electrons. The summed E-state index contributed by atoms with van der Waals surface area (Å²) < 4.78 is 11.6. The summed E-state index contributed by atoms with van der Waals surface area (Å²) in [6, 6.07) is 6.76. The van der Waals surface area contributed by atoms with Gasteiger partial charge >= 0.3 is 0 Å². The predicted molar refractivity (Wildman–Crippen MR) is 87.4 cm³/mol. The van der Waals surface area contributed by atoms with E-state index in [1.807, 2.05) is 12.1 Å². The van der Waals surface area contributed by atoms with Crippen LogP contribution in [0.2, 0.25) is 0 Å². The van der Waals surface area contributed by atoms with Crippen molar-refractivity contribution in [3.05, 3.63) is 23.8 Å². The topological polar surface area (TPSA) is 30.5 Å². The molecule has 0 bridgehead atoms. The second-order valence-corrected chi connectivity index (χ2v) is 6.97. The number of ether oxygens (including phenoxy) is 2. The first-order valence-electron chi connectivity index (χ1n) is 8.02. The van der Waals surface area contributed by atoms with Gasteiger partial charge in [-0.05, 0) is 49.4 Å². The SMILES string of the molecule is CCCNC1CC(Oc2ccc(OC)cc2C(C)(C)C)C1. The van der Waals surface area contributed by atoms with Gasteiger partial charge in [0.25, 0.3) is 0 Å². The Morgan fingerprint density at radius 1 is 1.24 bits per heavy atom. The molecule has 0 amide bonds. The number of hydrogen-bond acceptors (Lipinski definition) is 3. The van der Waals surface area contributed by atoms with Crippen LogP contribution in [0.25, 0.3) is 0 Å². The monoisotopic (exact) mass is 291 g/mol. The lowest BCUT2D eigenvalue weighted by Gasteiger charge is -2.37. The van der Waals surface area contributed by atoms with Crippen LogP contribution in [0.3, 0.4) is 0 Å². The molecule has 21 heavy (non-hydrogen) atoms. The normalized spacial score (nSPS) is 21.8. The second kappa shape index (κ2) is 6.69. The number of benzene rings is 1. The van der Waals surface area contributed by atoms with Crippen LogP contribution in [0.1, 0.15) is 52.5 Å². The minimum Gasteiger partial charge on any atom is -0.497 e. The van der Waals surface area contributed by atoms with Crippen LogP contribution in [0, 0.1) is 0 Å². The number of nitrogens with one attached hydrogen (secondary N) is 1. The Morgan fingerprint density at radius 2 is 1.95 bits per heavy atom. The van der Waals surface area contributed by atoms with E-state index in [9.17, 15) is 0 Å². The Labute approximate surface area is 129 Å². The lowest BCUT2D eigenvalue weighted by Crippen LogP contribution is -2.47. The maximum Gasteiger partial charge on any atom is 0.123 e. The molecular formula is C18H29NO2. The molecule has 0 heterocycles. The average molecular weight is 291 g/mol. The molecule has 1 aliphatic rings. The summed E-state index contributed by atoms with van der Waals surface area (Å²) in [7, 11) is 1.71. The molecule has 1 aromatic rings. The van der Waals surface area contributed by atoms with Gasteiger partial charge in [0.15, 0.2) is 0 Å². The largest absolute Gasteiger partial charge is 0.497 e. The molecule has 0 unspecified atom stereocenters. The molecule has 0 saturated heterocycles. The quantitative estimate of drug-likeness (QED) is 0.862. The highest BCUT2D eigenvalue weighted by atomic mass is 16.5. The molecule has 2 rings (SSSR count). The minimum atomic E-state index is 0.0491. The standard InChI is InChI=1S/C18H29NO2/c1-6-9-19-13-10-15(11-13)21-17-8-7-14(20-5)12-16(17)18(2,3)4/h7-8,12-13,15,19H,6,9-11H2,1-5H3. The van der Waals surface area contributed by atoms with E-state index in [1.165, 1.54) is 12.0 Å². The van der Waals surface area contributed by atoms with E-state index in [2.05, 4.69) is 39.1 Å². The van der Waals surface area contributed by atoms with Crippen molar-refractivity contribution in [1.29, 1.82) is 0 Å². The fourth-order valence-electron chi connectivity index (χ4n) is 2.68. The highest BCUT2D eigenvalue weighted by molar-refractivity contribution is 5.44. The molecule has 1 fully saturated rings. The highest BCUT2D eigenvalue weighted by Crippen LogP contribution is 2.36. The lowest BCUT2D eigenvalue weighted by atomic mass is 9.85. The highest BCUT2D eigenvalue weighted by Gasteiger charge is 2.31. The van der Waals surface area contributed by atoms with Crippen molar-refractivity contribution in [2.75, 3.05) is 13.7 Å². The molecule has 0 aromatic heterocycles. The van der Waals surface area contributed by atoms with Gasteiger partial charge < -0.3 is 14.8 Å². The fraction of sp³-hybridized carbons (Fsp3) is 0.667. The van der Waals surface area contributed by atoms with Crippen LogP contribution < -0.4 is 14.8 Å². The van der Waals surface area contributed by atoms with Crippen molar-refractivity contribution in [2.24, 2.45) is 0 Å². The molecule has 3 nitrogen and oxygen atoms in total. The Morgan fingerprint density at radius 3 is 2.52 bits per heavy atom. The van der Waals surface area contributed by atoms with E-state index in [0.717, 1.165) is 30.9 Å². The first-order chi connectivity index (χ1) is 9.94. The predicted octanol–water partition coefficient (Wildman–Crippen LogP) is 3.90. The second-order valence-electron chi connectivity index (χ2n) is 6.97. The maximum atomic E-state index is 6.22. The molecule has 1 aliphatic carbocycles. The fourth-order valence-corrected chi connectivity index (χ4v) is 2.68. The van der Waals surface area contributed by atoms with Gasteiger partial charge in [-0.25, -0.2) is 0 Å². The van der Waals surface area contributed by atoms with Crippen LogP contribution in [0.4, 0.5) is 0 Å². The van der Waals surface area contributed by atoms with Gasteiger partial charge in [0.2, 0.25) is 0 Å². The number of hydrogen-bond donors (Lipinski definition) is 1. The summed E-state index contributed by atoms with van der Waals surface area (Å²) in [6.07, 6.45) is 3.74. The molecule has 0 atom stereocenters. The summed E-state index contributed by atoms with van der Waals surface area (Å²) in [5, 5.41) is 3.55. The Kier molecular flexibility index (Phi) is 5.15. The zero-order chi connectivity index (χ0) is 15.5. The first-order valence-corrected chi connectivity index (χ1v) is 8.02. The van der Waals surface area contributed by atoms with E-state index in [4.69, 9.17) is 9.47 Å². The third kappa shape index (κ3) is 4.13. The third-order valence-electron chi connectivity index (χ3n) is 4.07. The van der Waals surface area contributed by atoms with Gasteiger partial charge in [0, 0.05) is 11.6 Å². The summed E-state index contributed by atoms with van der Waals surface area (Å²) >= 11 is 0. The van der Waals surface area contributed by atoms with Crippen molar-refractivity contribution in [1.82, 2.24) is 5.32 Å². The lowest BCUT2D eigenvalue weighted by molar-refractivity contribution is 0.0833. The molecule has 1 saturated carbocycles. The minimum absolute atomic E-state index is 0.0491. The first kappa shape index (κ1) is 16.2. The zero-order valence-corrected chi connectivity index (χ0v) is 14.0. The van der Waals surface area contributed by atoms with Crippen LogP contribution in [-0.4, -0.2) is 25.8 Å². The molecule has 3 heteroatoms. The van der Waals surface area contributed by atoms with Gasteiger partial charge in [0.1, 0.15) is 17.6 Å². The Hall–Kier alpha value is -1.22. The third-order valence-corrected chi connectivity index (χ3v) is 4.07. The van der Waals surface area contributed by atoms with Crippen LogP contribution in [0.15, 0.2) is 18.2 Å². The van der Waals surface area contributed by atoms with E-state index in [0.29, 0.717) is 12.1 Å². The van der Waals surface area contributed by atoms with Crippen molar-refractivity contribution >= 4 is 0 Å². The summed E-state index contributed by atoms with van der Waals surface area (Å²) in [6.45, 7) is 9.93.